The fourth-order valence-electron chi connectivity index (χ4n) is 10.2. The standard InChI is InChI=1S/C56H60N14O6/c1-33(2)49(61-55(73)75-5)53(71)67-29-41(69-31-45(63-65-69)37-13-9-7-10-14-37)25-47(67)51-57-27-43(59-51)39-21-17-35(18-22-39)36-19-23-40(24-20-36)44-28-58-52(60-44)48-26-42(70-32-46(64-66-70)38-15-11-8-12-16-38)30-68(48)54(72)50(34(3)4)62-56(74)76-6/h7-24,27-28,31-34,41-42,47-50H,25-26,29-30H2,1-6H3,(H,57,59)(H,58,60)(H,61,73)(H,62,74)/t41-,42-,47?,48?,49+,50+/m1/s1. The molecule has 0 radical (unpaired) electrons. The third-order valence-electron chi connectivity index (χ3n) is 14.4. The van der Waals surface area contributed by atoms with Gasteiger partial charge in [0.25, 0.3) is 0 Å². The Bertz CT molecular complexity index is 3080. The van der Waals surface area contributed by atoms with Crippen molar-refractivity contribution in [2.24, 2.45) is 11.8 Å². The summed E-state index contributed by atoms with van der Waals surface area (Å²) in [6.07, 6.45) is 7.04. The van der Waals surface area contributed by atoms with Gasteiger partial charge in [-0.1, -0.05) is 147 Å². The number of aromatic amines is 2. The van der Waals surface area contributed by atoms with Gasteiger partial charge in [0.1, 0.15) is 35.1 Å². The van der Waals surface area contributed by atoms with Crippen LogP contribution in [0.2, 0.25) is 0 Å². The molecule has 6 atom stereocenters. The molecule has 10 rings (SSSR count). The fraction of sp³-hybridized carbons (Fsp3) is 0.321. The topological polar surface area (TPSA) is 236 Å². The molecule has 2 fully saturated rings. The molecule has 2 aliphatic rings. The molecule has 76 heavy (non-hydrogen) atoms. The predicted molar refractivity (Wildman–Crippen MR) is 283 cm³/mol. The van der Waals surface area contributed by atoms with Crippen LogP contribution in [0.25, 0.3) is 56.2 Å². The molecule has 390 valence electrons. The Balaban J connectivity index is 0.852. The van der Waals surface area contributed by atoms with Crippen LogP contribution in [0.3, 0.4) is 0 Å². The Kier molecular flexibility index (Phi) is 14.6. The molecule has 0 aliphatic carbocycles. The third kappa shape index (κ3) is 10.6. The normalized spacial score (nSPS) is 18.2. The summed E-state index contributed by atoms with van der Waals surface area (Å²) >= 11 is 0. The van der Waals surface area contributed by atoms with E-state index in [4.69, 9.17) is 19.4 Å². The van der Waals surface area contributed by atoms with Gasteiger partial charge in [-0.25, -0.2) is 28.9 Å². The second kappa shape index (κ2) is 21.9. The highest BCUT2D eigenvalue weighted by molar-refractivity contribution is 5.87. The van der Waals surface area contributed by atoms with Crippen LogP contribution in [-0.2, 0) is 19.1 Å². The molecule has 4 aromatic heterocycles. The second-order valence-electron chi connectivity index (χ2n) is 19.9. The number of amides is 4. The minimum atomic E-state index is -0.825. The van der Waals surface area contributed by atoms with E-state index in [1.807, 2.05) is 134 Å². The van der Waals surface area contributed by atoms with Crippen LogP contribution in [0, 0.1) is 11.8 Å². The molecular weight excluding hydrogens is 965 g/mol. The molecule has 2 saturated heterocycles. The van der Waals surface area contributed by atoms with Gasteiger partial charge in [-0.3, -0.25) is 9.59 Å². The van der Waals surface area contributed by atoms with Gasteiger partial charge in [0.15, 0.2) is 0 Å². The van der Waals surface area contributed by atoms with Crippen molar-refractivity contribution < 1.29 is 28.7 Å². The summed E-state index contributed by atoms with van der Waals surface area (Å²) < 4.78 is 13.4. The van der Waals surface area contributed by atoms with Gasteiger partial charge in [-0.2, -0.15) is 0 Å². The zero-order valence-electron chi connectivity index (χ0n) is 43.1. The van der Waals surface area contributed by atoms with E-state index in [2.05, 4.69) is 65.5 Å². The van der Waals surface area contributed by atoms with Crippen molar-refractivity contribution in [1.29, 1.82) is 0 Å². The van der Waals surface area contributed by atoms with E-state index in [9.17, 15) is 19.2 Å². The van der Waals surface area contributed by atoms with Crippen LogP contribution < -0.4 is 10.6 Å². The van der Waals surface area contributed by atoms with Crippen LogP contribution >= 0.6 is 0 Å². The highest BCUT2D eigenvalue weighted by Crippen LogP contribution is 2.41. The number of methoxy groups -OCH3 is 2. The molecule has 0 spiro atoms. The number of H-pyrrole nitrogens is 2. The van der Waals surface area contributed by atoms with Gasteiger partial charge in [-0.15, -0.1) is 10.2 Å². The lowest BCUT2D eigenvalue weighted by Crippen LogP contribution is -2.51. The van der Waals surface area contributed by atoms with Crippen molar-refractivity contribution in [1.82, 2.24) is 70.4 Å². The Morgan fingerprint density at radius 2 is 0.895 bits per heavy atom. The number of nitrogens with zero attached hydrogens (tertiary/aromatic N) is 10. The van der Waals surface area contributed by atoms with Crippen LogP contribution in [0.15, 0.2) is 134 Å². The van der Waals surface area contributed by atoms with Crippen molar-refractivity contribution in [3.8, 4) is 56.2 Å². The van der Waals surface area contributed by atoms with E-state index in [1.54, 1.807) is 22.2 Å². The van der Waals surface area contributed by atoms with Gasteiger partial charge in [0.2, 0.25) is 11.8 Å². The van der Waals surface area contributed by atoms with Crippen LogP contribution in [-0.4, -0.2) is 123 Å². The first-order valence-corrected chi connectivity index (χ1v) is 25.4. The number of carbonyl (C=O) groups is 4. The number of benzene rings is 4. The number of hydrogen-bond donors (Lipinski definition) is 4. The van der Waals surface area contributed by atoms with Crippen molar-refractivity contribution in [3.63, 3.8) is 0 Å². The molecule has 20 heteroatoms. The molecule has 2 aliphatic heterocycles. The van der Waals surface area contributed by atoms with Crippen molar-refractivity contribution >= 4 is 24.0 Å². The Labute approximate surface area is 439 Å². The van der Waals surface area contributed by atoms with E-state index < -0.39 is 36.4 Å². The molecule has 20 nitrogen and oxygen atoms in total. The van der Waals surface area contributed by atoms with Gasteiger partial charge < -0.3 is 39.9 Å². The number of aromatic nitrogens is 10. The van der Waals surface area contributed by atoms with Gasteiger partial charge in [0.05, 0.1) is 74.6 Å². The Morgan fingerprint density at radius 3 is 1.25 bits per heavy atom. The van der Waals surface area contributed by atoms with Crippen LogP contribution in [0.4, 0.5) is 9.59 Å². The minimum Gasteiger partial charge on any atom is -0.453 e. The smallest absolute Gasteiger partial charge is 0.407 e. The Morgan fingerprint density at radius 1 is 0.526 bits per heavy atom. The maximum Gasteiger partial charge on any atom is 0.407 e. The van der Waals surface area contributed by atoms with E-state index in [0.29, 0.717) is 37.6 Å². The maximum absolute atomic E-state index is 14.4. The summed E-state index contributed by atoms with van der Waals surface area (Å²) in [5, 5.41) is 23.3. The summed E-state index contributed by atoms with van der Waals surface area (Å²) in [4.78, 5) is 73.7. The first-order valence-electron chi connectivity index (χ1n) is 25.4. The number of alkyl carbamates (subject to hydrolysis) is 2. The van der Waals surface area contributed by atoms with E-state index in [1.165, 1.54) is 14.2 Å². The van der Waals surface area contributed by atoms with Crippen molar-refractivity contribution in [2.45, 2.75) is 76.8 Å². The lowest BCUT2D eigenvalue weighted by Gasteiger charge is -2.29. The Hall–Kier alpha value is -8.94. The molecule has 8 aromatic rings. The zero-order chi connectivity index (χ0) is 53.0. The zero-order valence-corrected chi connectivity index (χ0v) is 43.1. The van der Waals surface area contributed by atoms with Crippen molar-refractivity contribution in [3.05, 3.63) is 146 Å². The number of likely N-dealkylation sites (tertiary alicyclic amines) is 2. The number of ether oxygens (including phenoxy) is 2. The summed E-state index contributed by atoms with van der Waals surface area (Å²) in [5.74, 6) is 0.317. The maximum atomic E-state index is 14.4. The van der Waals surface area contributed by atoms with E-state index in [-0.39, 0.29) is 35.7 Å². The second-order valence-corrected chi connectivity index (χ2v) is 19.9. The molecule has 0 saturated carbocycles. The lowest BCUT2D eigenvalue weighted by atomic mass is 10.0. The quantitative estimate of drug-likeness (QED) is 0.0757. The molecule has 2 unspecified atom stereocenters. The molecule has 6 heterocycles. The van der Waals surface area contributed by atoms with Crippen molar-refractivity contribution in [2.75, 3.05) is 27.3 Å². The summed E-state index contributed by atoms with van der Waals surface area (Å²) in [5.41, 5.74) is 8.75. The number of carbonyl (C=O) groups excluding carboxylic acids is 4. The average molecular weight is 1030 g/mol. The number of nitrogens with one attached hydrogen (secondary N) is 4. The first-order chi connectivity index (χ1) is 36.8. The van der Waals surface area contributed by atoms with E-state index in [0.717, 1.165) is 56.2 Å². The third-order valence-corrected chi connectivity index (χ3v) is 14.4. The fourth-order valence-corrected chi connectivity index (χ4v) is 10.2. The van der Waals surface area contributed by atoms with Gasteiger partial charge in [0, 0.05) is 24.2 Å². The highest BCUT2D eigenvalue weighted by Gasteiger charge is 2.44. The molecule has 4 amide bonds. The average Bonchev–Trinajstić information content (AvgIpc) is 4.32. The molecular formula is C56H60N14O6. The highest BCUT2D eigenvalue weighted by atomic mass is 16.5. The summed E-state index contributed by atoms with van der Waals surface area (Å²) in [7, 11) is 2.56. The predicted octanol–water partition coefficient (Wildman–Crippen LogP) is 8.44. The van der Waals surface area contributed by atoms with E-state index >= 15 is 0 Å². The summed E-state index contributed by atoms with van der Waals surface area (Å²) in [6.45, 7) is 8.20. The molecule has 4 N–H and O–H groups in total. The summed E-state index contributed by atoms with van der Waals surface area (Å²) in [6, 6.07) is 33.0. The number of imidazole rings is 2. The van der Waals surface area contributed by atoms with Gasteiger partial charge >= 0.3 is 12.2 Å². The number of rotatable bonds is 15. The minimum absolute atomic E-state index is 0.206. The first kappa shape index (κ1) is 50.6. The van der Waals surface area contributed by atoms with Crippen LogP contribution in [0.1, 0.15) is 76.4 Å². The number of hydrogen-bond acceptors (Lipinski definition) is 12. The SMILES string of the molecule is COC(=O)N[C@H](C(=O)N1C[C@H](n2cc(-c3ccccc3)nn2)CC1c1ncc(-c2ccc(-c3ccc(-c4cnc(C5C[C@@H](n6cc(-c7ccccc7)nn6)CN5C(=O)[C@@H](NC(=O)OC)C(C)C)[nH]4)cc3)cc2)[nH]1)C(C)C. The molecule has 4 aromatic carbocycles. The lowest BCUT2D eigenvalue weighted by molar-refractivity contribution is -0.136. The molecule has 0 bridgehead atoms. The monoisotopic (exact) mass is 1020 g/mol. The largest absolute Gasteiger partial charge is 0.453 e. The van der Waals surface area contributed by atoms with Crippen LogP contribution in [0.5, 0.6) is 0 Å². The van der Waals surface area contributed by atoms with Gasteiger partial charge in [-0.05, 0) is 46.9 Å².